The molecule has 0 bridgehead atoms. The van der Waals surface area contributed by atoms with Gasteiger partial charge in [-0.15, -0.1) is 0 Å². The second-order valence-corrected chi connectivity index (χ2v) is 6.12. The molecule has 2 aromatic carbocycles. The van der Waals surface area contributed by atoms with Gasteiger partial charge in [0.05, 0.1) is 0 Å². The summed E-state index contributed by atoms with van der Waals surface area (Å²) in [6.07, 6.45) is 2.32. The van der Waals surface area contributed by atoms with Gasteiger partial charge < -0.3 is 4.74 Å². The molecule has 1 heterocycles. The summed E-state index contributed by atoms with van der Waals surface area (Å²) < 4.78 is 7.34. The van der Waals surface area contributed by atoms with Gasteiger partial charge in [-0.05, 0) is 67.1 Å². The molecule has 2 heteroatoms. The summed E-state index contributed by atoms with van der Waals surface area (Å²) >= 11 is 3.52. The van der Waals surface area contributed by atoms with Crippen LogP contribution in [0.2, 0.25) is 0 Å². The minimum absolute atomic E-state index is 0.190. The standard InChI is InChI=1S/C17H17BrO/c1-11-4-3-5-12(2)17(11)16-8-6-13-10-14(18)7-9-15(13)19-16/h3-5,7,9-10,16H,6,8H2,1-2H3. The first-order chi connectivity index (χ1) is 9.15. The Morgan fingerprint density at radius 3 is 2.58 bits per heavy atom. The fraction of sp³-hybridized carbons (Fsp3) is 0.294. The van der Waals surface area contributed by atoms with Crippen molar-refractivity contribution in [3.63, 3.8) is 0 Å². The largest absolute Gasteiger partial charge is 0.485 e. The van der Waals surface area contributed by atoms with Gasteiger partial charge in [-0.25, -0.2) is 0 Å². The number of aryl methyl sites for hydroxylation is 3. The van der Waals surface area contributed by atoms with Crippen molar-refractivity contribution in [2.75, 3.05) is 0 Å². The third kappa shape index (κ3) is 2.42. The summed E-state index contributed by atoms with van der Waals surface area (Å²) in [5.41, 5.74) is 5.31. The van der Waals surface area contributed by atoms with Gasteiger partial charge >= 0.3 is 0 Å². The Hall–Kier alpha value is -1.28. The van der Waals surface area contributed by atoms with Crippen molar-refractivity contribution in [2.45, 2.75) is 32.8 Å². The van der Waals surface area contributed by atoms with Crippen LogP contribution in [-0.4, -0.2) is 0 Å². The van der Waals surface area contributed by atoms with Crippen LogP contribution in [0.3, 0.4) is 0 Å². The minimum Gasteiger partial charge on any atom is -0.485 e. The lowest BCUT2D eigenvalue weighted by atomic mass is 9.92. The van der Waals surface area contributed by atoms with Crippen molar-refractivity contribution in [1.29, 1.82) is 0 Å². The monoisotopic (exact) mass is 316 g/mol. The van der Waals surface area contributed by atoms with E-state index in [0.717, 1.165) is 23.1 Å². The lowest BCUT2D eigenvalue weighted by molar-refractivity contribution is 0.175. The predicted molar refractivity (Wildman–Crippen MR) is 81.7 cm³/mol. The third-order valence-electron chi connectivity index (χ3n) is 3.83. The molecule has 19 heavy (non-hydrogen) atoms. The van der Waals surface area contributed by atoms with E-state index in [-0.39, 0.29) is 6.10 Å². The smallest absolute Gasteiger partial charge is 0.125 e. The Balaban J connectivity index is 1.96. The first-order valence-electron chi connectivity index (χ1n) is 6.66. The Morgan fingerprint density at radius 1 is 1.11 bits per heavy atom. The summed E-state index contributed by atoms with van der Waals surface area (Å²) in [6.45, 7) is 4.34. The highest BCUT2D eigenvalue weighted by molar-refractivity contribution is 9.10. The number of rotatable bonds is 1. The number of halogens is 1. The molecule has 1 nitrogen and oxygen atoms in total. The van der Waals surface area contributed by atoms with Gasteiger partial charge in [0, 0.05) is 4.47 Å². The second-order valence-electron chi connectivity index (χ2n) is 5.20. The van der Waals surface area contributed by atoms with Gasteiger partial charge in [0.2, 0.25) is 0 Å². The van der Waals surface area contributed by atoms with Crippen LogP contribution in [0.4, 0.5) is 0 Å². The summed E-state index contributed by atoms with van der Waals surface area (Å²) in [5.74, 6) is 1.03. The Bertz CT molecular complexity index is 598. The van der Waals surface area contributed by atoms with Crippen LogP contribution in [0.15, 0.2) is 40.9 Å². The molecule has 0 radical (unpaired) electrons. The van der Waals surface area contributed by atoms with E-state index in [1.807, 2.05) is 6.07 Å². The van der Waals surface area contributed by atoms with E-state index in [9.17, 15) is 0 Å². The maximum Gasteiger partial charge on any atom is 0.125 e. The number of hydrogen-bond donors (Lipinski definition) is 0. The number of benzene rings is 2. The zero-order chi connectivity index (χ0) is 13.4. The van der Waals surface area contributed by atoms with E-state index in [1.165, 1.54) is 22.3 Å². The van der Waals surface area contributed by atoms with E-state index in [2.05, 4.69) is 60.1 Å². The molecular weight excluding hydrogens is 300 g/mol. The van der Waals surface area contributed by atoms with Crippen molar-refractivity contribution in [1.82, 2.24) is 0 Å². The molecule has 0 aromatic heterocycles. The van der Waals surface area contributed by atoms with E-state index >= 15 is 0 Å². The van der Waals surface area contributed by atoms with Gasteiger partial charge in [0.15, 0.2) is 0 Å². The van der Waals surface area contributed by atoms with Crippen LogP contribution in [0, 0.1) is 13.8 Å². The topological polar surface area (TPSA) is 9.23 Å². The summed E-state index contributed by atoms with van der Waals surface area (Å²) in [5, 5.41) is 0. The highest BCUT2D eigenvalue weighted by Crippen LogP contribution is 2.38. The molecule has 0 spiro atoms. The highest BCUT2D eigenvalue weighted by atomic mass is 79.9. The Morgan fingerprint density at radius 2 is 1.84 bits per heavy atom. The van der Waals surface area contributed by atoms with E-state index in [1.54, 1.807) is 0 Å². The molecule has 0 fully saturated rings. The molecule has 0 saturated carbocycles. The summed E-state index contributed by atoms with van der Waals surface area (Å²) in [7, 11) is 0. The summed E-state index contributed by atoms with van der Waals surface area (Å²) in [4.78, 5) is 0. The second kappa shape index (κ2) is 5.01. The minimum atomic E-state index is 0.190. The van der Waals surface area contributed by atoms with Gasteiger partial charge in [-0.1, -0.05) is 34.1 Å². The lowest BCUT2D eigenvalue weighted by Gasteiger charge is -2.28. The average Bonchev–Trinajstić information content (AvgIpc) is 2.38. The van der Waals surface area contributed by atoms with Crippen molar-refractivity contribution in [3.05, 3.63) is 63.1 Å². The van der Waals surface area contributed by atoms with Gasteiger partial charge in [-0.2, -0.15) is 0 Å². The maximum atomic E-state index is 6.21. The number of ether oxygens (including phenoxy) is 1. The van der Waals surface area contributed by atoms with Crippen molar-refractivity contribution < 1.29 is 4.74 Å². The Kier molecular flexibility index (Phi) is 3.36. The zero-order valence-corrected chi connectivity index (χ0v) is 12.8. The number of fused-ring (bicyclic) bond motifs is 1. The predicted octanol–water partition coefficient (Wildman–Crippen LogP) is 5.13. The molecule has 0 aliphatic carbocycles. The maximum absolute atomic E-state index is 6.21. The molecule has 3 rings (SSSR count). The van der Waals surface area contributed by atoms with E-state index in [0.29, 0.717) is 0 Å². The first kappa shape index (κ1) is 12.7. The molecule has 0 saturated heterocycles. The molecule has 1 atom stereocenters. The molecule has 98 valence electrons. The molecule has 1 aliphatic heterocycles. The van der Waals surface area contributed by atoms with Crippen molar-refractivity contribution in [2.24, 2.45) is 0 Å². The molecule has 0 N–H and O–H groups in total. The normalized spacial score (nSPS) is 17.7. The highest BCUT2D eigenvalue weighted by Gasteiger charge is 2.23. The van der Waals surface area contributed by atoms with Crippen molar-refractivity contribution in [3.8, 4) is 5.75 Å². The first-order valence-corrected chi connectivity index (χ1v) is 7.45. The molecular formula is C17H17BrO. The van der Waals surface area contributed by atoms with Crippen LogP contribution >= 0.6 is 15.9 Å². The van der Waals surface area contributed by atoms with Crippen molar-refractivity contribution >= 4 is 15.9 Å². The van der Waals surface area contributed by atoms with Gasteiger partial charge in [0.25, 0.3) is 0 Å². The molecule has 1 unspecified atom stereocenters. The SMILES string of the molecule is Cc1cccc(C)c1C1CCc2cc(Br)ccc2O1. The zero-order valence-electron chi connectivity index (χ0n) is 11.2. The fourth-order valence-corrected chi connectivity index (χ4v) is 3.30. The lowest BCUT2D eigenvalue weighted by Crippen LogP contribution is -2.17. The number of hydrogen-bond acceptors (Lipinski definition) is 1. The van der Waals surface area contributed by atoms with E-state index < -0.39 is 0 Å². The van der Waals surface area contributed by atoms with E-state index in [4.69, 9.17) is 4.74 Å². The van der Waals surface area contributed by atoms with Gasteiger partial charge in [-0.3, -0.25) is 0 Å². The summed E-state index contributed by atoms with van der Waals surface area (Å²) in [6, 6.07) is 12.7. The molecule has 1 aliphatic rings. The van der Waals surface area contributed by atoms with Gasteiger partial charge in [0.1, 0.15) is 11.9 Å². The van der Waals surface area contributed by atoms with Crippen LogP contribution in [0.1, 0.15) is 34.8 Å². The van der Waals surface area contributed by atoms with Crippen LogP contribution in [0.25, 0.3) is 0 Å². The van der Waals surface area contributed by atoms with Crippen LogP contribution in [0.5, 0.6) is 5.75 Å². The van der Waals surface area contributed by atoms with Crippen LogP contribution in [-0.2, 0) is 6.42 Å². The average molecular weight is 317 g/mol. The fourth-order valence-electron chi connectivity index (χ4n) is 2.90. The third-order valence-corrected chi connectivity index (χ3v) is 4.32. The van der Waals surface area contributed by atoms with Crippen LogP contribution < -0.4 is 4.74 Å². The Labute approximate surface area is 122 Å². The quantitative estimate of drug-likeness (QED) is 0.708. The molecule has 0 amide bonds. The molecule has 2 aromatic rings.